The van der Waals surface area contributed by atoms with Crippen LogP contribution < -0.4 is 0 Å². The molecule has 0 saturated heterocycles. The highest BCUT2D eigenvalue weighted by Crippen LogP contribution is 2.40. The van der Waals surface area contributed by atoms with E-state index in [0.29, 0.717) is 18.4 Å². The molecule has 0 fully saturated rings. The average Bonchev–Trinajstić information content (AvgIpc) is 1.78. The van der Waals surface area contributed by atoms with Gasteiger partial charge in [-0.05, 0) is 25.2 Å². The first-order chi connectivity index (χ1) is 5.84. The molecule has 0 aromatic rings. The standard InChI is InChI=1S/C10H16O3/c1-6-4-7(11)5-10(2,3)8(6)9(12)13/h7,11H,4-5H2,1-3H3,(H,12,13)/t7-/m0/s1. The second-order valence-corrected chi connectivity index (χ2v) is 4.41. The van der Waals surface area contributed by atoms with Gasteiger partial charge in [0.1, 0.15) is 0 Å². The third-order valence-electron chi connectivity index (χ3n) is 2.61. The van der Waals surface area contributed by atoms with Crippen molar-refractivity contribution in [1.29, 1.82) is 0 Å². The van der Waals surface area contributed by atoms with Gasteiger partial charge in [-0.3, -0.25) is 0 Å². The highest BCUT2D eigenvalue weighted by molar-refractivity contribution is 5.89. The number of carboxylic acid groups (broad SMARTS) is 1. The molecule has 3 heteroatoms. The monoisotopic (exact) mass is 184 g/mol. The molecule has 0 saturated carbocycles. The van der Waals surface area contributed by atoms with E-state index in [0.717, 1.165) is 5.57 Å². The number of aliphatic carboxylic acids is 1. The second kappa shape index (κ2) is 3.14. The van der Waals surface area contributed by atoms with Crippen LogP contribution in [0.2, 0.25) is 0 Å². The lowest BCUT2D eigenvalue weighted by atomic mass is 9.71. The largest absolute Gasteiger partial charge is 0.478 e. The van der Waals surface area contributed by atoms with Gasteiger partial charge in [-0.1, -0.05) is 19.4 Å². The van der Waals surface area contributed by atoms with Gasteiger partial charge in [0.25, 0.3) is 0 Å². The van der Waals surface area contributed by atoms with E-state index in [1.165, 1.54) is 0 Å². The minimum Gasteiger partial charge on any atom is -0.478 e. The molecule has 1 aliphatic carbocycles. The number of hydrogen-bond acceptors (Lipinski definition) is 2. The van der Waals surface area contributed by atoms with E-state index in [4.69, 9.17) is 5.11 Å². The Morgan fingerprint density at radius 2 is 2.08 bits per heavy atom. The molecule has 0 aromatic heterocycles. The Kier molecular flexibility index (Phi) is 2.48. The van der Waals surface area contributed by atoms with Crippen LogP contribution >= 0.6 is 0 Å². The summed E-state index contributed by atoms with van der Waals surface area (Å²) in [5, 5.41) is 18.5. The van der Waals surface area contributed by atoms with Gasteiger partial charge in [-0.2, -0.15) is 0 Å². The number of hydrogen-bond donors (Lipinski definition) is 2. The predicted octanol–water partition coefficient (Wildman–Crippen LogP) is 1.57. The van der Waals surface area contributed by atoms with E-state index < -0.39 is 17.5 Å². The Balaban J connectivity index is 3.11. The number of aliphatic hydroxyl groups excluding tert-OH is 1. The number of carboxylic acids is 1. The topological polar surface area (TPSA) is 57.5 Å². The molecule has 0 bridgehead atoms. The lowest BCUT2D eigenvalue weighted by molar-refractivity contribution is -0.134. The Labute approximate surface area is 78.1 Å². The zero-order valence-corrected chi connectivity index (χ0v) is 8.29. The van der Waals surface area contributed by atoms with Crippen LogP contribution in [0.5, 0.6) is 0 Å². The third kappa shape index (κ3) is 1.91. The Bertz CT molecular complexity index is 263. The molecule has 1 atom stereocenters. The van der Waals surface area contributed by atoms with Crippen molar-refractivity contribution in [2.24, 2.45) is 5.41 Å². The van der Waals surface area contributed by atoms with Gasteiger partial charge in [-0.15, -0.1) is 0 Å². The number of carbonyl (C=O) groups is 1. The van der Waals surface area contributed by atoms with Crippen LogP contribution in [0.25, 0.3) is 0 Å². The SMILES string of the molecule is CC1=C(C(=O)O)C(C)(C)C[C@@H](O)C1. The third-order valence-corrected chi connectivity index (χ3v) is 2.61. The van der Waals surface area contributed by atoms with Gasteiger partial charge < -0.3 is 10.2 Å². The summed E-state index contributed by atoms with van der Waals surface area (Å²) < 4.78 is 0. The summed E-state index contributed by atoms with van der Waals surface area (Å²) in [6, 6.07) is 0. The highest BCUT2D eigenvalue weighted by Gasteiger charge is 2.36. The lowest BCUT2D eigenvalue weighted by Crippen LogP contribution is -2.32. The highest BCUT2D eigenvalue weighted by atomic mass is 16.4. The summed E-state index contributed by atoms with van der Waals surface area (Å²) >= 11 is 0. The second-order valence-electron chi connectivity index (χ2n) is 4.41. The summed E-state index contributed by atoms with van der Waals surface area (Å²) in [5.74, 6) is -0.852. The molecule has 0 amide bonds. The molecule has 0 aliphatic heterocycles. The molecule has 13 heavy (non-hydrogen) atoms. The summed E-state index contributed by atoms with van der Waals surface area (Å²) in [5.41, 5.74) is 0.863. The molecule has 2 N–H and O–H groups in total. The molecule has 3 nitrogen and oxygen atoms in total. The van der Waals surface area contributed by atoms with Crippen molar-refractivity contribution in [3.05, 3.63) is 11.1 Å². The maximum Gasteiger partial charge on any atom is 0.332 e. The number of rotatable bonds is 1. The van der Waals surface area contributed by atoms with Crippen LogP contribution in [-0.2, 0) is 4.79 Å². The maximum atomic E-state index is 10.9. The smallest absolute Gasteiger partial charge is 0.332 e. The summed E-state index contributed by atoms with van der Waals surface area (Å²) in [6.45, 7) is 5.51. The van der Waals surface area contributed by atoms with Crippen molar-refractivity contribution in [3.63, 3.8) is 0 Å². The van der Waals surface area contributed by atoms with Crippen molar-refractivity contribution < 1.29 is 15.0 Å². The first-order valence-electron chi connectivity index (χ1n) is 4.46. The van der Waals surface area contributed by atoms with Gasteiger partial charge in [0.05, 0.1) is 6.10 Å². The maximum absolute atomic E-state index is 10.9. The first kappa shape index (κ1) is 10.3. The van der Waals surface area contributed by atoms with E-state index >= 15 is 0 Å². The van der Waals surface area contributed by atoms with E-state index in [9.17, 15) is 9.90 Å². The minimum atomic E-state index is -0.852. The van der Waals surface area contributed by atoms with Crippen molar-refractivity contribution in [3.8, 4) is 0 Å². The predicted molar refractivity (Wildman–Crippen MR) is 49.4 cm³/mol. The van der Waals surface area contributed by atoms with Crippen molar-refractivity contribution in [1.82, 2.24) is 0 Å². The van der Waals surface area contributed by atoms with Crippen molar-refractivity contribution in [2.75, 3.05) is 0 Å². The van der Waals surface area contributed by atoms with Gasteiger partial charge in [0, 0.05) is 5.57 Å². The Morgan fingerprint density at radius 1 is 1.54 bits per heavy atom. The van der Waals surface area contributed by atoms with E-state index in [1.54, 1.807) is 6.92 Å². The summed E-state index contributed by atoms with van der Waals surface area (Å²) in [6.07, 6.45) is 0.634. The fourth-order valence-electron chi connectivity index (χ4n) is 2.27. The van der Waals surface area contributed by atoms with Crippen LogP contribution in [0.15, 0.2) is 11.1 Å². The minimum absolute atomic E-state index is 0.391. The molecule has 1 aliphatic rings. The van der Waals surface area contributed by atoms with Crippen LogP contribution in [0.4, 0.5) is 0 Å². The molecule has 0 aromatic carbocycles. The van der Waals surface area contributed by atoms with Gasteiger partial charge in [-0.25, -0.2) is 4.79 Å². The molecule has 0 radical (unpaired) electrons. The van der Waals surface area contributed by atoms with E-state index in [-0.39, 0.29) is 0 Å². The molecule has 0 spiro atoms. The fourth-order valence-corrected chi connectivity index (χ4v) is 2.27. The van der Waals surface area contributed by atoms with Crippen LogP contribution in [-0.4, -0.2) is 22.3 Å². The van der Waals surface area contributed by atoms with Gasteiger partial charge >= 0.3 is 5.97 Å². The normalized spacial score (nSPS) is 27.5. The van der Waals surface area contributed by atoms with Gasteiger partial charge in [0.2, 0.25) is 0 Å². The Morgan fingerprint density at radius 3 is 2.46 bits per heavy atom. The summed E-state index contributed by atoms with van der Waals surface area (Å²) in [7, 11) is 0. The van der Waals surface area contributed by atoms with Crippen LogP contribution in [0.3, 0.4) is 0 Å². The molecule has 74 valence electrons. The number of aliphatic hydroxyl groups is 1. The first-order valence-corrected chi connectivity index (χ1v) is 4.46. The zero-order chi connectivity index (χ0) is 10.2. The molecule has 1 rings (SSSR count). The average molecular weight is 184 g/mol. The van der Waals surface area contributed by atoms with E-state index in [2.05, 4.69) is 0 Å². The van der Waals surface area contributed by atoms with E-state index in [1.807, 2.05) is 13.8 Å². The summed E-state index contributed by atoms with van der Waals surface area (Å²) in [4.78, 5) is 10.9. The Hall–Kier alpha value is -0.830. The van der Waals surface area contributed by atoms with Gasteiger partial charge in [0.15, 0.2) is 0 Å². The van der Waals surface area contributed by atoms with Crippen LogP contribution in [0.1, 0.15) is 33.6 Å². The quantitative estimate of drug-likeness (QED) is 0.650. The molecular weight excluding hydrogens is 168 g/mol. The van der Waals surface area contributed by atoms with Crippen molar-refractivity contribution in [2.45, 2.75) is 39.7 Å². The fraction of sp³-hybridized carbons (Fsp3) is 0.700. The molecular formula is C10H16O3. The van der Waals surface area contributed by atoms with Crippen molar-refractivity contribution >= 4 is 5.97 Å². The zero-order valence-electron chi connectivity index (χ0n) is 8.29. The molecule has 0 unspecified atom stereocenters. The lowest BCUT2D eigenvalue weighted by Gasteiger charge is -2.34. The van der Waals surface area contributed by atoms with Crippen LogP contribution in [0, 0.1) is 5.41 Å². The molecule has 0 heterocycles.